The minimum absolute atomic E-state index is 0.0258. The number of aromatic nitrogens is 2. The zero-order chi connectivity index (χ0) is 21.2. The largest absolute Gasteiger partial charge is 0.294 e. The predicted octanol–water partition coefficient (Wildman–Crippen LogP) is 3.83. The van der Waals surface area contributed by atoms with Crippen molar-refractivity contribution >= 4 is 17.3 Å². The lowest BCUT2D eigenvalue weighted by Gasteiger charge is -2.40. The standard InChI is InChI=1S/C24H19N3O3/c1-24(2)8-14-7-15-20(23(30)21-16(22(15)29)11-26-27-21)19(18(14)17(28)9-24)13-5-3-12(10-25)4-6-13/h3-6,11,19H,7-9H2,1-2H3,(H,26,27). The monoisotopic (exact) mass is 397 g/mol. The van der Waals surface area contributed by atoms with Crippen molar-refractivity contribution in [3.8, 4) is 6.07 Å². The third-order valence-corrected chi connectivity index (χ3v) is 6.31. The van der Waals surface area contributed by atoms with Crippen LogP contribution in [0.4, 0.5) is 0 Å². The van der Waals surface area contributed by atoms with Gasteiger partial charge in [0.25, 0.3) is 0 Å². The Morgan fingerprint density at radius 3 is 2.50 bits per heavy atom. The van der Waals surface area contributed by atoms with Crippen molar-refractivity contribution < 1.29 is 14.4 Å². The summed E-state index contributed by atoms with van der Waals surface area (Å²) < 4.78 is 0. The topological polar surface area (TPSA) is 104 Å². The van der Waals surface area contributed by atoms with Crippen LogP contribution in [0.25, 0.3) is 0 Å². The third-order valence-electron chi connectivity index (χ3n) is 6.31. The van der Waals surface area contributed by atoms with Gasteiger partial charge in [-0.1, -0.05) is 31.6 Å². The number of nitrogens with one attached hydrogen (secondary N) is 1. The quantitative estimate of drug-likeness (QED) is 0.788. The van der Waals surface area contributed by atoms with E-state index in [0.29, 0.717) is 47.1 Å². The van der Waals surface area contributed by atoms with Gasteiger partial charge in [0.15, 0.2) is 11.6 Å². The van der Waals surface area contributed by atoms with Gasteiger partial charge in [0.05, 0.1) is 23.4 Å². The number of fused-ring (bicyclic) bond motifs is 1. The van der Waals surface area contributed by atoms with E-state index in [2.05, 4.69) is 30.1 Å². The highest BCUT2D eigenvalue weighted by atomic mass is 16.1. The van der Waals surface area contributed by atoms with E-state index in [0.717, 1.165) is 11.1 Å². The zero-order valence-corrected chi connectivity index (χ0v) is 16.7. The van der Waals surface area contributed by atoms with E-state index in [-0.39, 0.29) is 28.5 Å². The zero-order valence-electron chi connectivity index (χ0n) is 16.7. The van der Waals surface area contributed by atoms with Crippen LogP contribution in [0.5, 0.6) is 0 Å². The molecule has 0 saturated heterocycles. The Morgan fingerprint density at radius 2 is 1.80 bits per heavy atom. The molecular weight excluding hydrogens is 378 g/mol. The number of carbonyl (C=O) groups is 3. The van der Waals surface area contributed by atoms with E-state index in [9.17, 15) is 14.4 Å². The Balaban J connectivity index is 1.75. The summed E-state index contributed by atoms with van der Waals surface area (Å²) in [6.45, 7) is 4.11. The van der Waals surface area contributed by atoms with Crippen LogP contribution < -0.4 is 0 Å². The van der Waals surface area contributed by atoms with E-state index in [1.165, 1.54) is 6.20 Å². The lowest BCUT2D eigenvalue weighted by Crippen LogP contribution is -2.36. The predicted molar refractivity (Wildman–Crippen MR) is 108 cm³/mol. The van der Waals surface area contributed by atoms with Gasteiger partial charge >= 0.3 is 0 Å². The molecule has 1 atom stereocenters. The molecule has 3 aliphatic rings. The summed E-state index contributed by atoms with van der Waals surface area (Å²) in [5.41, 5.74) is 3.95. The molecule has 0 amide bonds. The first-order valence-electron chi connectivity index (χ1n) is 9.92. The molecular formula is C24H19N3O3. The molecule has 0 spiro atoms. The average molecular weight is 397 g/mol. The molecule has 2 aromatic rings. The number of Topliss-reactive ketones (excluding diaryl/α,β-unsaturated/α-hetero) is 3. The molecule has 0 saturated carbocycles. The summed E-state index contributed by atoms with van der Waals surface area (Å²) >= 11 is 0. The fourth-order valence-corrected chi connectivity index (χ4v) is 5.10. The number of aromatic amines is 1. The number of H-pyrrole nitrogens is 1. The molecule has 30 heavy (non-hydrogen) atoms. The smallest absolute Gasteiger partial charge is 0.208 e. The third kappa shape index (κ3) is 2.55. The van der Waals surface area contributed by atoms with Gasteiger partial charge in [-0.15, -0.1) is 0 Å². The van der Waals surface area contributed by atoms with Crippen LogP contribution in [0.3, 0.4) is 0 Å². The summed E-state index contributed by atoms with van der Waals surface area (Å²) in [4.78, 5) is 39.9. The van der Waals surface area contributed by atoms with Gasteiger partial charge in [0, 0.05) is 29.1 Å². The molecule has 6 heteroatoms. The van der Waals surface area contributed by atoms with Gasteiger partial charge in [-0.3, -0.25) is 19.5 Å². The molecule has 0 aliphatic heterocycles. The lowest BCUT2D eigenvalue weighted by atomic mass is 9.62. The van der Waals surface area contributed by atoms with Crippen LogP contribution in [0.15, 0.2) is 52.8 Å². The highest BCUT2D eigenvalue weighted by molar-refractivity contribution is 6.28. The van der Waals surface area contributed by atoms with E-state index in [1.54, 1.807) is 24.3 Å². The van der Waals surface area contributed by atoms with Crippen LogP contribution in [-0.2, 0) is 4.79 Å². The lowest BCUT2D eigenvalue weighted by molar-refractivity contribution is -0.118. The minimum Gasteiger partial charge on any atom is -0.294 e. The van der Waals surface area contributed by atoms with Crippen molar-refractivity contribution in [2.75, 3.05) is 0 Å². The SMILES string of the molecule is CC1(C)CC(=O)C2=C(CC3=C(C(=O)c4[nH]ncc4C3=O)C2c2ccc(C#N)cc2)C1. The molecule has 0 radical (unpaired) electrons. The fraction of sp³-hybridized carbons (Fsp3) is 0.292. The molecule has 6 nitrogen and oxygen atoms in total. The van der Waals surface area contributed by atoms with Crippen molar-refractivity contribution in [2.24, 2.45) is 5.41 Å². The van der Waals surface area contributed by atoms with Gasteiger partial charge in [0.2, 0.25) is 5.78 Å². The number of carbonyl (C=O) groups excluding carboxylic acids is 3. The van der Waals surface area contributed by atoms with Gasteiger partial charge in [0.1, 0.15) is 5.69 Å². The first-order valence-corrected chi connectivity index (χ1v) is 9.92. The Kier molecular flexibility index (Phi) is 3.81. The van der Waals surface area contributed by atoms with Crippen molar-refractivity contribution in [1.82, 2.24) is 10.2 Å². The molecule has 0 bridgehead atoms. The van der Waals surface area contributed by atoms with E-state index in [1.807, 2.05) is 0 Å². The first-order chi connectivity index (χ1) is 14.3. The first kappa shape index (κ1) is 18.4. The summed E-state index contributed by atoms with van der Waals surface area (Å²) in [7, 11) is 0. The van der Waals surface area contributed by atoms with Crippen LogP contribution in [0.2, 0.25) is 0 Å². The molecule has 148 valence electrons. The van der Waals surface area contributed by atoms with Crippen molar-refractivity contribution in [3.05, 3.63) is 75.1 Å². The van der Waals surface area contributed by atoms with E-state index < -0.39 is 5.92 Å². The molecule has 1 aromatic carbocycles. The van der Waals surface area contributed by atoms with Crippen LogP contribution >= 0.6 is 0 Å². The van der Waals surface area contributed by atoms with Crippen LogP contribution in [0.1, 0.15) is 71.0 Å². The molecule has 5 rings (SSSR count). The average Bonchev–Trinajstić information content (AvgIpc) is 3.20. The second-order valence-corrected chi connectivity index (χ2v) is 9.01. The maximum absolute atomic E-state index is 13.4. The fourth-order valence-electron chi connectivity index (χ4n) is 5.10. The Hall–Kier alpha value is -3.59. The van der Waals surface area contributed by atoms with Crippen LogP contribution in [-0.4, -0.2) is 27.5 Å². The summed E-state index contributed by atoms with van der Waals surface area (Å²) in [6.07, 6.45) is 2.83. The maximum Gasteiger partial charge on any atom is 0.208 e. The Bertz CT molecular complexity index is 1250. The highest BCUT2D eigenvalue weighted by Crippen LogP contribution is 2.52. The van der Waals surface area contributed by atoms with Gasteiger partial charge < -0.3 is 0 Å². The number of rotatable bonds is 1. The Labute approximate surface area is 173 Å². The second kappa shape index (κ2) is 6.20. The van der Waals surface area contributed by atoms with Crippen molar-refractivity contribution in [2.45, 2.75) is 39.0 Å². The number of nitriles is 1. The highest BCUT2D eigenvalue weighted by Gasteiger charge is 2.47. The normalized spacial score (nSPS) is 22.4. The van der Waals surface area contributed by atoms with E-state index >= 15 is 0 Å². The number of ketones is 3. The molecule has 1 unspecified atom stereocenters. The Morgan fingerprint density at radius 1 is 1.07 bits per heavy atom. The van der Waals surface area contributed by atoms with Gasteiger partial charge in [-0.25, -0.2) is 0 Å². The summed E-state index contributed by atoms with van der Waals surface area (Å²) in [5, 5.41) is 15.7. The molecule has 0 fully saturated rings. The summed E-state index contributed by atoms with van der Waals surface area (Å²) in [6, 6.07) is 9.00. The van der Waals surface area contributed by atoms with Crippen molar-refractivity contribution in [1.29, 1.82) is 5.26 Å². The van der Waals surface area contributed by atoms with Gasteiger partial charge in [-0.2, -0.15) is 10.4 Å². The van der Waals surface area contributed by atoms with Crippen LogP contribution in [0, 0.1) is 16.7 Å². The number of allylic oxidation sites excluding steroid dienone is 4. The second-order valence-electron chi connectivity index (χ2n) is 9.01. The van der Waals surface area contributed by atoms with E-state index in [4.69, 9.17) is 5.26 Å². The summed E-state index contributed by atoms with van der Waals surface area (Å²) in [5.74, 6) is -1.06. The molecule has 1 N–H and O–H groups in total. The van der Waals surface area contributed by atoms with Gasteiger partial charge in [-0.05, 0) is 36.0 Å². The molecule has 1 aromatic heterocycles. The number of benzene rings is 1. The van der Waals surface area contributed by atoms with Crippen molar-refractivity contribution in [3.63, 3.8) is 0 Å². The maximum atomic E-state index is 13.4. The number of hydrogen-bond acceptors (Lipinski definition) is 5. The minimum atomic E-state index is -0.604. The molecule has 3 aliphatic carbocycles. The molecule has 1 heterocycles. The number of nitrogens with zero attached hydrogens (tertiary/aromatic N) is 2. The number of hydrogen-bond donors (Lipinski definition) is 1.